The molecule has 0 aliphatic carbocycles. The van der Waals surface area contributed by atoms with Crippen molar-refractivity contribution in [1.29, 1.82) is 0 Å². The Morgan fingerprint density at radius 1 is 1.02 bits per heavy atom. The van der Waals surface area contributed by atoms with Crippen LogP contribution in [0.3, 0.4) is 0 Å². The van der Waals surface area contributed by atoms with Crippen molar-refractivity contribution in [2.75, 3.05) is 39.5 Å². The van der Waals surface area contributed by atoms with Crippen LogP contribution in [0.4, 0.5) is 4.79 Å². The van der Waals surface area contributed by atoms with Gasteiger partial charge < -0.3 is 35.3 Å². The zero-order valence-corrected chi connectivity index (χ0v) is 34.0. The second-order valence-electron chi connectivity index (χ2n) is 16.2. The van der Waals surface area contributed by atoms with E-state index in [2.05, 4.69) is 39.7 Å². The summed E-state index contributed by atoms with van der Waals surface area (Å²) in [6.45, 7) is 16.6. The molecule has 14 heteroatoms. The highest BCUT2D eigenvalue weighted by Gasteiger charge is 2.37. The number of β-amino-alcohol motifs (C(OH)–C–C–N with tert-alkyl or cyclic N) is 1. The van der Waals surface area contributed by atoms with Gasteiger partial charge in [-0.1, -0.05) is 64.1 Å². The number of nitrogens with one attached hydrogen (secondary N) is 3. The molecule has 4 N–H and O–H groups in total. The van der Waals surface area contributed by atoms with E-state index < -0.39 is 35.7 Å². The quantitative estimate of drug-likeness (QED) is 0.161. The second-order valence-corrected chi connectivity index (χ2v) is 17.1. The van der Waals surface area contributed by atoms with Crippen molar-refractivity contribution in [2.24, 2.45) is 11.8 Å². The van der Waals surface area contributed by atoms with E-state index in [-0.39, 0.29) is 44.2 Å². The lowest BCUT2D eigenvalue weighted by Gasteiger charge is -2.43. The van der Waals surface area contributed by atoms with Crippen molar-refractivity contribution < 1.29 is 33.7 Å². The lowest BCUT2D eigenvalue weighted by molar-refractivity contribution is -0.132. The standard InChI is InChI=1S/C41H58N6O7S/c1-26(2)31(19-42-40(51)52-23-30-24-55-39(43-30)27(3)4)37(49)44-32(17-28-11-9-8-10-12-28)34(48)22-47-16-15-46(21-33(47)38(50)45-41(5,6)7)20-29-13-14-35-36(18-29)54-25-53-35/h8-14,18,24,26-27,31-34,48H,15-17,19-23,25H2,1-7H3,(H,42,51)(H,44,49)(H,45,50)/t31-,32-,33-,34+/m1/s1. The van der Waals surface area contributed by atoms with E-state index >= 15 is 0 Å². The number of aromatic nitrogens is 1. The average molecular weight is 779 g/mol. The van der Waals surface area contributed by atoms with Gasteiger partial charge in [-0.3, -0.25) is 19.4 Å². The lowest BCUT2D eigenvalue weighted by atomic mass is 9.93. The largest absolute Gasteiger partial charge is 0.454 e. The van der Waals surface area contributed by atoms with Crippen LogP contribution in [0, 0.1) is 11.8 Å². The molecule has 1 fully saturated rings. The first-order chi connectivity index (χ1) is 26.1. The van der Waals surface area contributed by atoms with Gasteiger partial charge in [0.15, 0.2) is 11.5 Å². The molecule has 1 saturated heterocycles. The lowest BCUT2D eigenvalue weighted by Crippen LogP contribution is -2.63. The van der Waals surface area contributed by atoms with E-state index in [4.69, 9.17) is 14.2 Å². The number of carbonyl (C=O) groups excluding carboxylic acids is 3. The van der Waals surface area contributed by atoms with E-state index in [0.29, 0.717) is 44.2 Å². The normalized spacial score (nSPS) is 17.8. The average Bonchev–Trinajstić information content (AvgIpc) is 3.81. The third-order valence-corrected chi connectivity index (χ3v) is 10.9. The number of benzene rings is 2. The Hall–Kier alpha value is -4.24. The highest BCUT2D eigenvalue weighted by Crippen LogP contribution is 2.33. The number of piperazine rings is 1. The molecule has 0 saturated carbocycles. The Labute approximate surface area is 329 Å². The fourth-order valence-corrected chi connectivity index (χ4v) is 7.54. The molecule has 0 spiro atoms. The second kappa shape index (κ2) is 19.1. The first-order valence-corrected chi connectivity index (χ1v) is 20.1. The molecule has 300 valence electrons. The van der Waals surface area contributed by atoms with E-state index in [1.54, 1.807) is 0 Å². The Kier molecular flexibility index (Phi) is 14.5. The van der Waals surface area contributed by atoms with Crippen molar-refractivity contribution in [3.05, 3.63) is 75.7 Å². The van der Waals surface area contributed by atoms with Crippen LogP contribution in [0.5, 0.6) is 11.5 Å². The molecule has 0 bridgehead atoms. The maximum absolute atomic E-state index is 13.9. The van der Waals surface area contributed by atoms with Gasteiger partial charge in [0.2, 0.25) is 18.6 Å². The summed E-state index contributed by atoms with van der Waals surface area (Å²) in [5.74, 6) is 0.622. The number of hydrogen-bond donors (Lipinski definition) is 4. The Morgan fingerprint density at radius 2 is 1.76 bits per heavy atom. The Bertz CT molecular complexity index is 1730. The first kappa shape index (κ1) is 41.9. The van der Waals surface area contributed by atoms with E-state index in [1.165, 1.54) is 11.3 Å². The molecule has 5 rings (SSSR count). The van der Waals surface area contributed by atoms with Gasteiger partial charge in [0, 0.05) is 56.1 Å². The SMILES string of the molecule is CC(C)c1nc(COC(=O)NC[C@@H](C(=O)N[C@H](Cc2ccccc2)[C@@H](O)CN2CCN(Cc3ccc4c(c3)OCO4)C[C@@H]2C(=O)NC(C)(C)C)C(C)C)cs1. The number of aliphatic hydroxyl groups excluding tert-OH is 1. The molecular weight excluding hydrogens is 721 g/mol. The van der Waals surface area contributed by atoms with Crippen molar-refractivity contribution in [3.8, 4) is 11.5 Å². The molecule has 0 radical (unpaired) electrons. The molecule has 1 aromatic heterocycles. The minimum absolute atomic E-state index is 0.0420. The summed E-state index contributed by atoms with van der Waals surface area (Å²) < 4.78 is 16.5. The van der Waals surface area contributed by atoms with Gasteiger partial charge in [-0.2, -0.15) is 0 Å². The smallest absolute Gasteiger partial charge is 0.407 e. The summed E-state index contributed by atoms with van der Waals surface area (Å²) in [7, 11) is 0. The van der Waals surface area contributed by atoms with Gasteiger partial charge >= 0.3 is 6.09 Å². The van der Waals surface area contributed by atoms with Gasteiger partial charge in [0.1, 0.15) is 12.6 Å². The molecule has 2 aliphatic rings. The third kappa shape index (κ3) is 12.4. The molecule has 2 aliphatic heterocycles. The number of nitrogens with zero attached hydrogens (tertiary/aromatic N) is 3. The summed E-state index contributed by atoms with van der Waals surface area (Å²) in [4.78, 5) is 49.2. The van der Waals surface area contributed by atoms with Crippen molar-refractivity contribution in [3.63, 3.8) is 0 Å². The molecule has 13 nitrogen and oxygen atoms in total. The van der Waals surface area contributed by atoms with Gasteiger partial charge in [0.25, 0.3) is 0 Å². The Morgan fingerprint density at radius 3 is 2.45 bits per heavy atom. The number of amides is 3. The number of aliphatic hydroxyl groups is 1. The molecule has 3 heterocycles. The molecule has 55 heavy (non-hydrogen) atoms. The number of rotatable bonds is 16. The fourth-order valence-electron chi connectivity index (χ4n) is 6.72. The third-order valence-electron chi connectivity index (χ3n) is 9.75. The van der Waals surface area contributed by atoms with Crippen LogP contribution in [-0.4, -0.2) is 101 Å². The maximum Gasteiger partial charge on any atom is 0.407 e. The predicted octanol–water partition coefficient (Wildman–Crippen LogP) is 4.68. The summed E-state index contributed by atoms with van der Waals surface area (Å²) in [6, 6.07) is 14.4. The van der Waals surface area contributed by atoms with Crippen LogP contribution in [0.2, 0.25) is 0 Å². The maximum atomic E-state index is 13.9. The number of hydrogen-bond acceptors (Lipinski definition) is 11. The van der Waals surface area contributed by atoms with E-state index in [9.17, 15) is 19.5 Å². The summed E-state index contributed by atoms with van der Waals surface area (Å²) in [6.07, 6.45) is -1.26. The van der Waals surface area contributed by atoms with Crippen LogP contribution < -0.4 is 25.4 Å². The zero-order valence-electron chi connectivity index (χ0n) is 33.2. The molecule has 3 aromatic rings. The van der Waals surface area contributed by atoms with Crippen LogP contribution in [-0.2, 0) is 33.9 Å². The van der Waals surface area contributed by atoms with Gasteiger partial charge in [-0.25, -0.2) is 9.78 Å². The minimum Gasteiger partial charge on any atom is -0.454 e. The fraction of sp³-hybridized carbons (Fsp3) is 0.561. The minimum atomic E-state index is -1.01. The molecule has 0 unspecified atom stereocenters. The highest BCUT2D eigenvalue weighted by molar-refractivity contribution is 7.09. The summed E-state index contributed by atoms with van der Waals surface area (Å²) >= 11 is 1.53. The monoisotopic (exact) mass is 778 g/mol. The number of fused-ring (bicyclic) bond motifs is 1. The highest BCUT2D eigenvalue weighted by atomic mass is 32.1. The van der Waals surface area contributed by atoms with Gasteiger partial charge in [-0.05, 0) is 56.4 Å². The van der Waals surface area contributed by atoms with E-state index in [0.717, 1.165) is 27.6 Å². The van der Waals surface area contributed by atoms with Crippen molar-refractivity contribution in [2.45, 2.75) is 97.7 Å². The first-order valence-electron chi connectivity index (χ1n) is 19.2. The molecule has 3 amide bonds. The van der Waals surface area contributed by atoms with Gasteiger partial charge in [-0.15, -0.1) is 11.3 Å². The topological polar surface area (TPSA) is 155 Å². The number of ether oxygens (including phenoxy) is 3. The van der Waals surface area contributed by atoms with Crippen LogP contribution in [0.25, 0.3) is 0 Å². The number of alkyl carbamates (subject to hydrolysis) is 1. The molecular formula is C41H58N6O7S. The summed E-state index contributed by atoms with van der Waals surface area (Å²) in [5, 5.41) is 23.8. The number of carbonyl (C=O) groups is 3. The number of thiazole rings is 1. The van der Waals surface area contributed by atoms with Crippen molar-refractivity contribution in [1.82, 2.24) is 30.7 Å². The Balaban J connectivity index is 1.25. The van der Waals surface area contributed by atoms with Crippen LogP contribution in [0.1, 0.15) is 76.2 Å². The van der Waals surface area contributed by atoms with Crippen LogP contribution in [0.15, 0.2) is 53.9 Å². The summed E-state index contributed by atoms with van der Waals surface area (Å²) in [5.41, 5.74) is 2.24. The zero-order chi connectivity index (χ0) is 39.7. The van der Waals surface area contributed by atoms with Gasteiger partial charge in [0.05, 0.1) is 28.8 Å². The predicted molar refractivity (Wildman–Crippen MR) is 212 cm³/mol. The van der Waals surface area contributed by atoms with Crippen molar-refractivity contribution >= 4 is 29.2 Å². The molecule has 4 atom stereocenters. The molecule has 2 aromatic carbocycles. The van der Waals surface area contributed by atoms with Crippen LogP contribution >= 0.6 is 11.3 Å². The van der Waals surface area contributed by atoms with E-state index in [1.807, 2.05) is 93.4 Å².